The summed E-state index contributed by atoms with van der Waals surface area (Å²) >= 11 is 0. The van der Waals surface area contributed by atoms with Crippen LogP contribution in [0.4, 0.5) is 0 Å². The van der Waals surface area contributed by atoms with Crippen molar-refractivity contribution in [3.8, 4) is 17.2 Å². The average Bonchev–Trinajstić information content (AvgIpc) is 2.71. The van der Waals surface area contributed by atoms with E-state index in [0.717, 1.165) is 36.8 Å². The summed E-state index contributed by atoms with van der Waals surface area (Å²) in [5, 5.41) is 0. The van der Waals surface area contributed by atoms with Crippen LogP contribution in [0.2, 0.25) is 0 Å². The molecule has 0 aromatic heterocycles. The third kappa shape index (κ3) is 6.59. The fourth-order valence-corrected chi connectivity index (χ4v) is 3.64. The van der Waals surface area contributed by atoms with Gasteiger partial charge in [0.2, 0.25) is 0 Å². The molecule has 0 saturated carbocycles. The second-order valence-electron chi connectivity index (χ2n) is 7.40. The molecule has 1 saturated heterocycles. The van der Waals surface area contributed by atoms with Crippen molar-refractivity contribution in [3.63, 3.8) is 0 Å². The molecule has 3 heteroatoms. The molecule has 0 amide bonds. The topological polar surface area (TPSA) is 21.7 Å². The normalized spacial score (nSPS) is 17.6. The number of rotatable bonds is 10. The highest BCUT2D eigenvalue weighted by molar-refractivity contribution is 5.35. The maximum Gasteiger partial charge on any atom is 0.152 e. The molecule has 27 heavy (non-hydrogen) atoms. The Balaban J connectivity index is 1.50. The van der Waals surface area contributed by atoms with Crippen molar-refractivity contribution >= 4 is 0 Å². The van der Waals surface area contributed by atoms with E-state index in [2.05, 4.69) is 11.8 Å². The first kappa shape index (κ1) is 19.8. The molecular weight excluding hydrogens is 334 g/mol. The predicted molar refractivity (Wildman–Crippen MR) is 112 cm³/mol. The number of benzene rings is 2. The summed E-state index contributed by atoms with van der Waals surface area (Å²) in [5.41, 5.74) is 0. The van der Waals surface area contributed by atoms with Gasteiger partial charge in [-0.25, -0.2) is 0 Å². The van der Waals surface area contributed by atoms with E-state index in [1.165, 1.54) is 44.9 Å². The second-order valence-corrected chi connectivity index (χ2v) is 7.40. The Morgan fingerprint density at radius 1 is 0.815 bits per heavy atom. The zero-order valence-electron chi connectivity index (χ0n) is 16.6. The van der Waals surface area contributed by atoms with E-state index in [9.17, 15) is 0 Å². The van der Waals surface area contributed by atoms with Gasteiger partial charge in [0.25, 0.3) is 0 Å². The van der Waals surface area contributed by atoms with Gasteiger partial charge in [-0.2, -0.15) is 0 Å². The molecule has 1 heterocycles. The molecule has 146 valence electrons. The number of ether oxygens (including phenoxy) is 2. The second kappa shape index (κ2) is 11.0. The Hall–Kier alpha value is -2.00. The van der Waals surface area contributed by atoms with Crippen LogP contribution in [0.5, 0.6) is 17.2 Å². The van der Waals surface area contributed by atoms with Crippen LogP contribution >= 0.6 is 0 Å². The van der Waals surface area contributed by atoms with Crippen LogP contribution in [-0.2, 0) is 0 Å². The van der Waals surface area contributed by atoms with Gasteiger partial charge in [0, 0.05) is 13.1 Å². The molecule has 3 nitrogen and oxygen atoms in total. The van der Waals surface area contributed by atoms with Crippen LogP contribution in [0.15, 0.2) is 54.6 Å². The molecule has 0 radical (unpaired) electrons. The lowest BCUT2D eigenvalue weighted by Crippen LogP contribution is -2.43. The van der Waals surface area contributed by atoms with Gasteiger partial charge in [-0.05, 0) is 62.1 Å². The summed E-state index contributed by atoms with van der Waals surface area (Å²) in [6.07, 6.45) is 10.5. The van der Waals surface area contributed by atoms with Crippen LogP contribution in [0.3, 0.4) is 0 Å². The van der Waals surface area contributed by atoms with Gasteiger partial charge in [0.15, 0.2) is 6.23 Å². The first-order valence-electron chi connectivity index (χ1n) is 10.6. The molecule has 1 atom stereocenters. The lowest BCUT2D eigenvalue weighted by molar-refractivity contribution is -0.00476. The largest absolute Gasteiger partial charge is 0.475 e. The maximum absolute atomic E-state index is 6.32. The molecule has 2 aromatic carbocycles. The number of hydrogen-bond acceptors (Lipinski definition) is 3. The third-order valence-corrected chi connectivity index (χ3v) is 5.18. The van der Waals surface area contributed by atoms with Crippen molar-refractivity contribution in [2.75, 3.05) is 13.1 Å². The fourth-order valence-electron chi connectivity index (χ4n) is 3.64. The van der Waals surface area contributed by atoms with E-state index < -0.39 is 0 Å². The monoisotopic (exact) mass is 367 g/mol. The van der Waals surface area contributed by atoms with Crippen LogP contribution in [0, 0.1) is 0 Å². The number of piperidine rings is 1. The highest BCUT2D eigenvalue weighted by Gasteiger charge is 2.23. The minimum atomic E-state index is 0.214. The SMILES string of the molecule is CCCCCCCN1CCCCC1Oc1ccc(Oc2ccccc2)cc1. The van der Waals surface area contributed by atoms with Crippen LogP contribution in [0.25, 0.3) is 0 Å². The molecule has 1 fully saturated rings. The highest BCUT2D eigenvalue weighted by Crippen LogP contribution is 2.26. The summed E-state index contributed by atoms with van der Waals surface area (Å²) in [6, 6.07) is 17.9. The molecule has 1 aliphatic heterocycles. The zero-order chi connectivity index (χ0) is 18.7. The van der Waals surface area contributed by atoms with Gasteiger partial charge in [0.1, 0.15) is 17.2 Å². The Morgan fingerprint density at radius 2 is 1.52 bits per heavy atom. The maximum atomic E-state index is 6.32. The number of nitrogens with zero attached hydrogens (tertiary/aromatic N) is 1. The molecule has 3 rings (SSSR count). The summed E-state index contributed by atoms with van der Waals surface area (Å²) in [4.78, 5) is 2.53. The molecular formula is C24H33NO2. The van der Waals surface area contributed by atoms with Crippen LogP contribution < -0.4 is 9.47 Å². The third-order valence-electron chi connectivity index (χ3n) is 5.18. The minimum Gasteiger partial charge on any atom is -0.475 e. The molecule has 1 unspecified atom stereocenters. The van der Waals surface area contributed by atoms with E-state index in [1.807, 2.05) is 54.6 Å². The fraction of sp³-hybridized carbons (Fsp3) is 0.500. The van der Waals surface area contributed by atoms with Gasteiger partial charge in [0.05, 0.1) is 0 Å². The van der Waals surface area contributed by atoms with Crippen molar-refractivity contribution in [2.24, 2.45) is 0 Å². The minimum absolute atomic E-state index is 0.214. The average molecular weight is 368 g/mol. The van der Waals surface area contributed by atoms with E-state index in [1.54, 1.807) is 0 Å². The number of hydrogen-bond donors (Lipinski definition) is 0. The lowest BCUT2D eigenvalue weighted by Gasteiger charge is -2.35. The first-order chi connectivity index (χ1) is 13.3. The molecule has 0 spiro atoms. The first-order valence-corrected chi connectivity index (χ1v) is 10.6. The quantitative estimate of drug-likeness (QED) is 0.439. The Kier molecular flexibility index (Phi) is 8.03. The van der Waals surface area contributed by atoms with Crippen LogP contribution in [0.1, 0.15) is 58.3 Å². The van der Waals surface area contributed by atoms with Gasteiger partial charge >= 0.3 is 0 Å². The van der Waals surface area contributed by atoms with Crippen molar-refractivity contribution in [1.82, 2.24) is 4.90 Å². The lowest BCUT2D eigenvalue weighted by atomic mass is 10.1. The molecule has 0 N–H and O–H groups in total. The van der Waals surface area contributed by atoms with Crippen LogP contribution in [-0.4, -0.2) is 24.2 Å². The van der Waals surface area contributed by atoms with Gasteiger partial charge in [-0.1, -0.05) is 50.8 Å². The Labute approximate surface area is 164 Å². The van der Waals surface area contributed by atoms with Gasteiger partial charge in [-0.3, -0.25) is 4.90 Å². The van der Waals surface area contributed by atoms with E-state index in [4.69, 9.17) is 9.47 Å². The smallest absolute Gasteiger partial charge is 0.152 e. The summed E-state index contributed by atoms with van der Waals surface area (Å²) in [6.45, 7) is 4.59. The van der Waals surface area contributed by atoms with E-state index in [-0.39, 0.29) is 6.23 Å². The molecule has 2 aromatic rings. The number of unbranched alkanes of at least 4 members (excludes halogenated alkanes) is 4. The van der Waals surface area contributed by atoms with Gasteiger partial charge in [-0.15, -0.1) is 0 Å². The van der Waals surface area contributed by atoms with Crippen molar-refractivity contribution < 1.29 is 9.47 Å². The van der Waals surface area contributed by atoms with Crippen molar-refractivity contribution in [1.29, 1.82) is 0 Å². The predicted octanol–water partition coefficient (Wildman–Crippen LogP) is 6.64. The van der Waals surface area contributed by atoms with E-state index >= 15 is 0 Å². The number of likely N-dealkylation sites (tertiary alicyclic amines) is 1. The van der Waals surface area contributed by atoms with Crippen molar-refractivity contribution in [2.45, 2.75) is 64.5 Å². The Bertz CT molecular complexity index is 641. The zero-order valence-corrected chi connectivity index (χ0v) is 16.6. The standard InChI is InChI=1S/C24H33NO2/c1-2-3-4-5-10-19-25-20-11-9-14-24(25)27-23-17-15-22(16-18-23)26-21-12-7-6-8-13-21/h6-8,12-13,15-18,24H,2-5,9-11,14,19-20H2,1H3. The van der Waals surface area contributed by atoms with Gasteiger partial charge < -0.3 is 9.47 Å². The van der Waals surface area contributed by atoms with Crippen molar-refractivity contribution in [3.05, 3.63) is 54.6 Å². The summed E-state index contributed by atoms with van der Waals surface area (Å²) in [5.74, 6) is 2.62. The number of para-hydroxylation sites is 1. The summed E-state index contributed by atoms with van der Waals surface area (Å²) in [7, 11) is 0. The Morgan fingerprint density at radius 3 is 2.30 bits per heavy atom. The molecule has 0 bridgehead atoms. The summed E-state index contributed by atoms with van der Waals surface area (Å²) < 4.78 is 12.2. The molecule has 0 aliphatic carbocycles. The molecule has 1 aliphatic rings. The highest BCUT2D eigenvalue weighted by atomic mass is 16.5. The van der Waals surface area contributed by atoms with E-state index in [0.29, 0.717) is 0 Å².